The number of amides is 1. The van der Waals surface area contributed by atoms with Crippen molar-refractivity contribution in [1.82, 2.24) is 10.2 Å². The molecule has 2 aliphatic rings. The van der Waals surface area contributed by atoms with Gasteiger partial charge in [0.05, 0.1) is 0 Å². The quantitative estimate of drug-likeness (QED) is 0.806. The Bertz CT molecular complexity index is 367. The van der Waals surface area contributed by atoms with Crippen molar-refractivity contribution in [3.05, 3.63) is 0 Å². The van der Waals surface area contributed by atoms with Crippen LogP contribution in [0.3, 0.4) is 0 Å². The van der Waals surface area contributed by atoms with E-state index < -0.39 is 5.60 Å². The van der Waals surface area contributed by atoms with Gasteiger partial charge in [-0.25, -0.2) is 4.79 Å². The lowest BCUT2D eigenvalue weighted by atomic mass is 9.66. The number of piperidine rings is 2. The third-order valence-corrected chi connectivity index (χ3v) is 5.17. The molecule has 4 heteroatoms. The molecule has 0 radical (unpaired) electrons. The van der Waals surface area contributed by atoms with E-state index in [9.17, 15) is 4.79 Å². The fourth-order valence-electron chi connectivity index (χ4n) is 3.70. The van der Waals surface area contributed by atoms with Crippen molar-refractivity contribution in [3.8, 4) is 0 Å². The molecule has 2 fully saturated rings. The molecule has 2 aliphatic heterocycles. The molecule has 2 heterocycles. The zero-order chi connectivity index (χ0) is 15.7. The number of carbonyl (C=O) groups excluding carboxylic acids is 1. The molecule has 0 aromatic rings. The van der Waals surface area contributed by atoms with Gasteiger partial charge in [0.2, 0.25) is 0 Å². The summed E-state index contributed by atoms with van der Waals surface area (Å²) in [7, 11) is 0. The Morgan fingerprint density at radius 3 is 2.43 bits per heavy atom. The van der Waals surface area contributed by atoms with Crippen molar-refractivity contribution < 1.29 is 9.53 Å². The predicted octanol–water partition coefficient (Wildman–Crippen LogP) is 3.41. The molecule has 0 spiro atoms. The van der Waals surface area contributed by atoms with E-state index in [1.54, 1.807) is 0 Å². The second-order valence-electron chi connectivity index (χ2n) is 8.20. The fourth-order valence-corrected chi connectivity index (χ4v) is 3.70. The number of nitrogens with one attached hydrogen (secondary N) is 1. The Kier molecular flexibility index (Phi) is 4.86. The molecule has 0 saturated carbocycles. The van der Waals surface area contributed by atoms with Gasteiger partial charge in [-0.1, -0.05) is 6.92 Å². The Labute approximate surface area is 129 Å². The standard InChI is InChI=1S/C17H32N2O2/c1-13-12-14(6-9-18-13)17(5)7-10-19(11-8-17)15(20)21-16(2,3)4/h13-14,18H,6-12H2,1-5H3. The van der Waals surface area contributed by atoms with Crippen LogP contribution >= 0.6 is 0 Å². The molecule has 122 valence electrons. The summed E-state index contributed by atoms with van der Waals surface area (Å²) in [5.74, 6) is 0.787. The zero-order valence-electron chi connectivity index (χ0n) is 14.4. The summed E-state index contributed by atoms with van der Waals surface area (Å²) in [6.07, 6.45) is 4.59. The minimum absolute atomic E-state index is 0.150. The normalized spacial score (nSPS) is 30.0. The van der Waals surface area contributed by atoms with E-state index in [0.717, 1.165) is 38.4 Å². The second-order valence-corrected chi connectivity index (χ2v) is 8.20. The van der Waals surface area contributed by atoms with Gasteiger partial charge in [0, 0.05) is 19.1 Å². The average Bonchev–Trinajstić information content (AvgIpc) is 2.37. The molecule has 2 rings (SSSR count). The first-order chi connectivity index (χ1) is 9.70. The Morgan fingerprint density at radius 1 is 1.29 bits per heavy atom. The van der Waals surface area contributed by atoms with E-state index in [1.807, 2.05) is 25.7 Å². The van der Waals surface area contributed by atoms with Crippen molar-refractivity contribution in [2.75, 3.05) is 19.6 Å². The Morgan fingerprint density at radius 2 is 1.90 bits per heavy atom. The smallest absolute Gasteiger partial charge is 0.410 e. The summed E-state index contributed by atoms with van der Waals surface area (Å²) in [5.41, 5.74) is -0.0167. The van der Waals surface area contributed by atoms with Crippen molar-refractivity contribution >= 4 is 6.09 Å². The Hall–Kier alpha value is -0.770. The van der Waals surface area contributed by atoms with E-state index in [-0.39, 0.29) is 6.09 Å². The van der Waals surface area contributed by atoms with Crippen molar-refractivity contribution in [2.45, 2.75) is 71.9 Å². The van der Waals surface area contributed by atoms with E-state index in [4.69, 9.17) is 4.74 Å². The highest BCUT2D eigenvalue weighted by Crippen LogP contribution is 2.43. The Balaban J connectivity index is 1.88. The van der Waals surface area contributed by atoms with Crippen molar-refractivity contribution in [2.24, 2.45) is 11.3 Å². The van der Waals surface area contributed by atoms with Crippen LogP contribution < -0.4 is 5.32 Å². The summed E-state index contributed by atoms with van der Waals surface area (Å²) in [5, 5.41) is 3.54. The molecule has 0 aromatic heterocycles. The van der Waals surface area contributed by atoms with Gasteiger partial charge in [0.1, 0.15) is 5.60 Å². The highest BCUT2D eigenvalue weighted by Gasteiger charge is 2.40. The van der Waals surface area contributed by atoms with Gasteiger partial charge in [-0.3, -0.25) is 0 Å². The predicted molar refractivity (Wildman–Crippen MR) is 85.3 cm³/mol. The molecule has 1 amide bonds. The molecule has 0 aliphatic carbocycles. The molecule has 2 saturated heterocycles. The van der Waals surface area contributed by atoms with Gasteiger partial charge < -0.3 is 15.0 Å². The van der Waals surface area contributed by atoms with Gasteiger partial charge in [0.25, 0.3) is 0 Å². The highest BCUT2D eigenvalue weighted by molar-refractivity contribution is 5.68. The second kappa shape index (κ2) is 6.15. The zero-order valence-corrected chi connectivity index (χ0v) is 14.4. The average molecular weight is 296 g/mol. The number of carbonyl (C=O) groups is 1. The monoisotopic (exact) mass is 296 g/mol. The van der Waals surface area contributed by atoms with Crippen LogP contribution in [0, 0.1) is 11.3 Å². The summed E-state index contributed by atoms with van der Waals surface area (Å²) < 4.78 is 5.48. The molecule has 4 nitrogen and oxygen atoms in total. The lowest BCUT2D eigenvalue weighted by Gasteiger charge is -2.47. The minimum atomic E-state index is -0.400. The summed E-state index contributed by atoms with van der Waals surface area (Å²) in [6.45, 7) is 13.3. The molecule has 0 aromatic carbocycles. The molecule has 1 N–H and O–H groups in total. The SMILES string of the molecule is CC1CC(C2(C)CCN(C(=O)OC(C)(C)C)CC2)CCN1. The van der Waals surface area contributed by atoms with Crippen LogP contribution in [0.1, 0.15) is 60.3 Å². The number of ether oxygens (including phenoxy) is 1. The van der Waals surface area contributed by atoms with Crippen LogP contribution in [-0.4, -0.2) is 42.3 Å². The van der Waals surface area contributed by atoms with Crippen molar-refractivity contribution in [1.29, 1.82) is 0 Å². The van der Waals surface area contributed by atoms with Gasteiger partial charge in [-0.05, 0) is 71.3 Å². The first kappa shape index (κ1) is 16.6. The van der Waals surface area contributed by atoms with E-state index in [0.29, 0.717) is 11.5 Å². The maximum absolute atomic E-state index is 12.1. The van der Waals surface area contributed by atoms with E-state index in [2.05, 4.69) is 19.2 Å². The number of nitrogens with zero attached hydrogens (tertiary/aromatic N) is 1. The number of rotatable bonds is 1. The minimum Gasteiger partial charge on any atom is -0.444 e. The first-order valence-electron chi connectivity index (χ1n) is 8.41. The molecule has 0 bridgehead atoms. The van der Waals surface area contributed by atoms with Gasteiger partial charge >= 0.3 is 6.09 Å². The topological polar surface area (TPSA) is 41.6 Å². The molecular weight excluding hydrogens is 264 g/mol. The van der Waals surface area contributed by atoms with Gasteiger partial charge in [-0.2, -0.15) is 0 Å². The van der Waals surface area contributed by atoms with Crippen LogP contribution in [0.4, 0.5) is 4.79 Å². The first-order valence-corrected chi connectivity index (χ1v) is 8.41. The number of hydrogen-bond donors (Lipinski definition) is 1. The van der Waals surface area contributed by atoms with Crippen LogP contribution in [-0.2, 0) is 4.74 Å². The van der Waals surface area contributed by atoms with Crippen LogP contribution in [0.2, 0.25) is 0 Å². The number of hydrogen-bond acceptors (Lipinski definition) is 3. The summed E-state index contributed by atoms with van der Waals surface area (Å²) in [6, 6.07) is 0.629. The maximum atomic E-state index is 12.1. The molecule has 2 atom stereocenters. The maximum Gasteiger partial charge on any atom is 0.410 e. The van der Waals surface area contributed by atoms with E-state index in [1.165, 1.54) is 12.8 Å². The van der Waals surface area contributed by atoms with Crippen LogP contribution in [0.5, 0.6) is 0 Å². The highest BCUT2D eigenvalue weighted by atomic mass is 16.6. The van der Waals surface area contributed by atoms with Gasteiger partial charge in [0.15, 0.2) is 0 Å². The third-order valence-electron chi connectivity index (χ3n) is 5.17. The third kappa shape index (κ3) is 4.35. The van der Waals surface area contributed by atoms with Crippen LogP contribution in [0.15, 0.2) is 0 Å². The molecular formula is C17H32N2O2. The van der Waals surface area contributed by atoms with E-state index >= 15 is 0 Å². The van der Waals surface area contributed by atoms with Gasteiger partial charge in [-0.15, -0.1) is 0 Å². The summed E-state index contributed by atoms with van der Waals surface area (Å²) >= 11 is 0. The largest absolute Gasteiger partial charge is 0.444 e. The fraction of sp³-hybridized carbons (Fsp3) is 0.941. The number of likely N-dealkylation sites (tertiary alicyclic amines) is 1. The summed E-state index contributed by atoms with van der Waals surface area (Å²) in [4.78, 5) is 14.0. The lowest BCUT2D eigenvalue weighted by molar-refractivity contribution is -0.00141. The molecule has 21 heavy (non-hydrogen) atoms. The van der Waals surface area contributed by atoms with Crippen LogP contribution in [0.25, 0.3) is 0 Å². The molecule has 2 unspecified atom stereocenters. The lowest BCUT2D eigenvalue weighted by Crippen LogP contribution is -2.49. The van der Waals surface area contributed by atoms with Crippen molar-refractivity contribution in [3.63, 3.8) is 0 Å².